The normalized spacial score (nSPS) is 29.6. The minimum atomic E-state index is 0.385. The van der Waals surface area contributed by atoms with Gasteiger partial charge in [0.05, 0.1) is 13.2 Å². The number of nitrogens with zero attached hydrogens (tertiary/aromatic N) is 1. The lowest BCUT2D eigenvalue weighted by atomic mass is 10.1. The molecule has 1 N–H and O–H groups in total. The highest BCUT2D eigenvalue weighted by molar-refractivity contribution is 5.42. The van der Waals surface area contributed by atoms with Crippen molar-refractivity contribution >= 4 is 0 Å². The van der Waals surface area contributed by atoms with Gasteiger partial charge in [0, 0.05) is 32.3 Å². The van der Waals surface area contributed by atoms with Crippen molar-refractivity contribution < 1.29 is 9.47 Å². The Morgan fingerprint density at radius 3 is 2.80 bits per heavy atom. The first-order valence-electron chi connectivity index (χ1n) is 7.37. The summed E-state index contributed by atoms with van der Waals surface area (Å²) in [5.41, 5.74) is 2.83. The summed E-state index contributed by atoms with van der Waals surface area (Å²) in [4.78, 5) is 2.57. The molecule has 1 fully saturated rings. The van der Waals surface area contributed by atoms with E-state index < -0.39 is 0 Å². The van der Waals surface area contributed by atoms with Gasteiger partial charge in [-0.1, -0.05) is 6.07 Å². The second-order valence-corrected chi connectivity index (χ2v) is 5.74. The largest absolute Gasteiger partial charge is 0.497 e. The summed E-state index contributed by atoms with van der Waals surface area (Å²) in [6.45, 7) is 2.18. The number of likely N-dealkylation sites (tertiary alicyclic amines) is 1. The monoisotopic (exact) mass is 276 g/mol. The van der Waals surface area contributed by atoms with Gasteiger partial charge >= 0.3 is 0 Å². The van der Waals surface area contributed by atoms with E-state index in [9.17, 15) is 0 Å². The van der Waals surface area contributed by atoms with Gasteiger partial charge in [-0.25, -0.2) is 0 Å². The van der Waals surface area contributed by atoms with E-state index in [4.69, 9.17) is 9.47 Å². The summed E-state index contributed by atoms with van der Waals surface area (Å²) < 4.78 is 10.9. The lowest BCUT2D eigenvalue weighted by molar-refractivity contribution is 0.0974. The molecule has 0 amide bonds. The number of methoxy groups -OCH3 is 2. The van der Waals surface area contributed by atoms with E-state index in [2.05, 4.69) is 35.5 Å². The predicted octanol–water partition coefficient (Wildman–Crippen LogP) is 1.60. The number of likely N-dealkylation sites (N-methyl/N-ethyl adjacent to an activating group) is 1. The SMILES string of the molecule is CNC1c2cc(OC)ccc2CC1N1CCC(OC)C1. The van der Waals surface area contributed by atoms with Gasteiger partial charge in [-0.3, -0.25) is 4.90 Å². The lowest BCUT2D eigenvalue weighted by Gasteiger charge is -2.29. The van der Waals surface area contributed by atoms with E-state index in [0.29, 0.717) is 18.2 Å². The van der Waals surface area contributed by atoms with E-state index in [0.717, 1.165) is 31.7 Å². The Kier molecular flexibility index (Phi) is 3.96. The number of fused-ring (bicyclic) bond motifs is 1. The second kappa shape index (κ2) is 5.72. The topological polar surface area (TPSA) is 33.7 Å². The summed E-state index contributed by atoms with van der Waals surface area (Å²) in [6, 6.07) is 7.37. The van der Waals surface area contributed by atoms with Crippen LogP contribution in [0.1, 0.15) is 23.6 Å². The molecule has 1 saturated heterocycles. The summed E-state index contributed by atoms with van der Waals surface area (Å²) in [6.07, 6.45) is 2.65. The fourth-order valence-electron chi connectivity index (χ4n) is 3.66. The number of rotatable bonds is 4. The van der Waals surface area contributed by atoms with Gasteiger partial charge in [0.25, 0.3) is 0 Å². The smallest absolute Gasteiger partial charge is 0.119 e. The highest BCUT2D eigenvalue weighted by Crippen LogP contribution is 2.37. The minimum absolute atomic E-state index is 0.385. The van der Waals surface area contributed by atoms with Crippen LogP contribution in [-0.4, -0.2) is 51.4 Å². The van der Waals surface area contributed by atoms with Crippen LogP contribution in [0.15, 0.2) is 18.2 Å². The second-order valence-electron chi connectivity index (χ2n) is 5.74. The van der Waals surface area contributed by atoms with Crippen molar-refractivity contribution in [3.05, 3.63) is 29.3 Å². The third-order valence-corrected chi connectivity index (χ3v) is 4.79. The molecule has 1 aliphatic heterocycles. The van der Waals surface area contributed by atoms with Crippen molar-refractivity contribution in [3.63, 3.8) is 0 Å². The zero-order valence-corrected chi connectivity index (χ0v) is 12.6. The molecule has 110 valence electrons. The zero-order chi connectivity index (χ0) is 14.1. The van der Waals surface area contributed by atoms with E-state index in [1.165, 1.54) is 11.1 Å². The van der Waals surface area contributed by atoms with E-state index in [1.54, 1.807) is 7.11 Å². The molecule has 3 unspecified atom stereocenters. The fourth-order valence-corrected chi connectivity index (χ4v) is 3.66. The van der Waals surface area contributed by atoms with Gasteiger partial charge in [-0.05, 0) is 43.1 Å². The van der Waals surface area contributed by atoms with Crippen molar-refractivity contribution in [1.29, 1.82) is 0 Å². The van der Waals surface area contributed by atoms with Crippen LogP contribution >= 0.6 is 0 Å². The molecule has 0 aromatic heterocycles. The third kappa shape index (κ3) is 2.32. The van der Waals surface area contributed by atoms with Gasteiger partial charge in [-0.15, -0.1) is 0 Å². The van der Waals surface area contributed by atoms with E-state index >= 15 is 0 Å². The average Bonchev–Trinajstić information content (AvgIpc) is 3.09. The predicted molar refractivity (Wildman–Crippen MR) is 79.3 cm³/mol. The van der Waals surface area contributed by atoms with Crippen molar-refractivity contribution in [2.75, 3.05) is 34.4 Å². The van der Waals surface area contributed by atoms with Crippen LogP contribution in [0.2, 0.25) is 0 Å². The Balaban J connectivity index is 1.82. The highest BCUT2D eigenvalue weighted by Gasteiger charge is 2.38. The molecule has 0 bridgehead atoms. The van der Waals surface area contributed by atoms with Crippen LogP contribution in [0.4, 0.5) is 0 Å². The van der Waals surface area contributed by atoms with Crippen molar-refractivity contribution in [2.24, 2.45) is 0 Å². The molecule has 1 aromatic carbocycles. The average molecular weight is 276 g/mol. The number of hydrogen-bond donors (Lipinski definition) is 1. The molecule has 0 saturated carbocycles. The molecule has 1 heterocycles. The van der Waals surface area contributed by atoms with Crippen LogP contribution in [-0.2, 0) is 11.2 Å². The van der Waals surface area contributed by atoms with Gasteiger partial charge in [0.2, 0.25) is 0 Å². The number of nitrogens with one attached hydrogen (secondary N) is 1. The molecular formula is C16H24N2O2. The Hall–Kier alpha value is -1.10. The van der Waals surface area contributed by atoms with Crippen LogP contribution in [0.3, 0.4) is 0 Å². The Morgan fingerprint density at radius 2 is 2.15 bits per heavy atom. The maximum atomic E-state index is 5.50. The lowest BCUT2D eigenvalue weighted by Crippen LogP contribution is -2.41. The Bertz CT molecular complexity index is 478. The Labute approximate surface area is 121 Å². The minimum Gasteiger partial charge on any atom is -0.497 e. The fraction of sp³-hybridized carbons (Fsp3) is 0.625. The standard InChI is InChI=1S/C16H24N2O2/c1-17-16-14-9-12(19-2)5-4-11(14)8-15(16)18-7-6-13(10-18)20-3/h4-5,9,13,15-17H,6-8,10H2,1-3H3. The summed E-state index contributed by atoms with van der Waals surface area (Å²) in [5.74, 6) is 0.945. The van der Waals surface area contributed by atoms with Crippen LogP contribution in [0, 0.1) is 0 Å². The molecule has 1 aromatic rings. The first-order valence-corrected chi connectivity index (χ1v) is 7.37. The van der Waals surface area contributed by atoms with Gasteiger partial charge in [0.15, 0.2) is 0 Å². The highest BCUT2D eigenvalue weighted by atomic mass is 16.5. The van der Waals surface area contributed by atoms with Gasteiger partial charge < -0.3 is 14.8 Å². The number of benzene rings is 1. The summed E-state index contributed by atoms with van der Waals surface area (Å²) >= 11 is 0. The van der Waals surface area contributed by atoms with Gasteiger partial charge in [-0.2, -0.15) is 0 Å². The van der Waals surface area contributed by atoms with Crippen molar-refractivity contribution in [1.82, 2.24) is 10.2 Å². The molecule has 3 atom stereocenters. The number of ether oxygens (including phenoxy) is 2. The Morgan fingerprint density at radius 1 is 1.30 bits per heavy atom. The van der Waals surface area contributed by atoms with Gasteiger partial charge in [0.1, 0.15) is 5.75 Å². The molecule has 3 rings (SSSR count). The summed E-state index contributed by atoms with van der Waals surface area (Å²) in [7, 11) is 5.60. The van der Waals surface area contributed by atoms with Crippen molar-refractivity contribution in [3.8, 4) is 5.75 Å². The summed E-state index contributed by atoms with van der Waals surface area (Å²) in [5, 5.41) is 3.49. The maximum Gasteiger partial charge on any atom is 0.119 e. The molecule has 0 spiro atoms. The maximum absolute atomic E-state index is 5.50. The molecular weight excluding hydrogens is 252 g/mol. The first-order chi connectivity index (χ1) is 9.76. The molecule has 4 heteroatoms. The van der Waals surface area contributed by atoms with Crippen LogP contribution in [0.25, 0.3) is 0 Å². The van der Waals surface area contributed by atoms with E-state index in [1.807, 2.05) is 7.11 Å². The van der Waals surface area contributed by atoms with Crippen LogP contribution < -0.4 is 10.1 Å². The van der Waals surface area contributed by atoms with Crippen LogP contribution in [0.5, 0.6) is 5.75 Å². The quantitative estimate of drug-likeness (QED) is 0.906. The van der Waals surface area contributed by atoms with Crippen molar-refractivity contribution in [2.45, 2.75) is 31.0 Å². The first kappa shape index (κ1) is 13.9. The third-order valence-electron chi connectivity index (χ3n) is 4.79. The molecule has 20 heavy (non-hydrogen) atoms. The molecule has 1 aliphatic carbocycles. The molecule has 0 radical (unpaired) electrons. The molecule has 2 aliphatic rings. The molecule has 4 nitrogen and oxygen atoms in total. The number of hydrogen-bond acceptors (Lipinski definition) is 4. The van der Waals surface area contributed by atoms with E-state index in [-0.39, 0.29) is 0 Å². The zero-order valence-electron chi connectivity index (χ0n) is 12.6.